The summed E-state index contributed by atoms with van der Waals surface area (Å²) in [5.41, 5.74) is 0.00675. The van der Waals surface area contributed by atoms with Crippen molar-refractivity contribution in [3.05, 3.63) is 59.7 Å². The summed E-state index contributed by atoms with van der Waals surface area (Å²) >= 11 is 0. The van der Waals surface area contributed by atoms with E-state index in [2.05, 4.69) is 11.6 Å². The summed E-state index contributed by atoms with van der Waals surface area (Å²) in [4.78, 5) is 0.0177. The number of hydrogen-bond acceptors (Lipinski definition) is 2. The molecule has 0 heterocycles. The van der Waals surface area contributed by atoms with Gasteiger partial charge in [-0.2, -0.15) is 13.2 Å². The molecule has 0 aliphatic heterocycles. The van der Waals surface area contributed by atoms with Crippen molar-refractivity contribution in [1.29, 1.82) is 0 Å². The molecule has 2 aromatic rings. The zero-order valence-corrected chi connectivity index (χ0v) is 14.6. The van der Waals surface area contributed by atoms with Crippen molar-refractivity contribution in [3.8, 4) is 0 Å². The number of alkyl halides is 3. The highest BCUT2D eigenvalue weighted by atomic mass is 32.2. The normalized spacial score (nSPS) is 12.2. The summed E-state index contributed by atoms with van der Waals surface area (Å²) in [6.45, 7) is 2.11. The van der Waals surface area contributed by atoms with E-state index >= 15 is 0 Å². The first-order valence-corrected chi connectivity index (χ1v) is 9.50. The minimum atomic E-state index is -4.53. The van der Waals surface area contributed by atoms with E-state index in [1.165, 1.54) is 18.2 Å². The first-order chi connectivity index (χ1) is 11.7. The molecule has 0 spiro atoms. The number of hydrogen-bond donors (Lipinski definition) is 1. The highest BCUT2D eigenvalue weighted by molar-refractivity contribution is 7.92. The van der Waals surface area contributed by atoms with Gasteiger partial charge in [0.25, 0.3) is 10.0 Å². The molecular formula is C18H20F3NO2S. The summed E-state index contributed by atoms with van der Waals surface area (Å²) in [6.07, 6.45) is -0.410. The van der Waals surface area contributed by atoms with Crippen LogP contribution < -0.4 is 4.72 Å². The Morgan fingerprint density at radius 1 is 1.00 bits per heavy atom. The van der Waals surface area contributed by atoms with Gasteiger partial charge in [0, 0.05) is 5.69 Å². The van der Waals surface area contributed by atoms with Crippen LogP contribution >= 0.6 is 0 Å². The zero-order valence-electron chi connectivity index (χ0n) is 13.8. The summed E-state index contributed by atoms with van der Waals surface area (Å²) < 4.78 is 65.0. The number of sulfonamides is 1. The van der Waals surface area contributed by atoms with Crippen molar-refractivity contribution >= 4 is 15.7 Å². The Hall–Kier alpha value is -2.02. The van der Waals surface area contributed by atoms with Gasteiger partial charge in [-0.15, -0.1) is 0 Å². The van der Waals surface area contributed by atoms with E-state index < -0.39 is 21.8 Å². The molecule has 25 heavy (non-hydrogen) atoms. The third kappa shape index (κ3) is 5.49. The Labute approximate surface area is 145 Å². The van der Waals surface area contributed by atoms with Gasteiger partial charge in [0.05, 0.1) is 10.5 Å². The van der Waals surface area contributed by atoms with Gasteiger partial charge in [-0.25, -0.2) is 8.42 Å². The fourth-order valence-corrected chi connectivity index (χ4v) is 3.44. The largest absolute Gasteiger partial charge is 0.416 e. The molecule has 3 nitrogen and oxygen atoms in total. The number of rotatable bonds is 7. The molecule has 0 aliphatic rings. The Balaban J connectivity index is 2.14. The van der Waals surface area contributed by atoms with Crippen molar-refractivity contribution in [2.45, 2.75) is 43.7 Å². The smallest absolute Gasteiger partial charge is 0.280 e. The molecule has 2 aromatic carbocycles. The Kier molecular flexibility index (Phi) is 6.11. The van der Waals surface area contributed by atoms with Crippen LogP contribution in [0.1, 0.15) is 37.3 Å². The predicted molar refractivity (Wildman–Crippen MR) is 91.9 cm³/mol. The number of nitrogens with one attached hydrogen (secondary N) is 1. The van der Waals surface area contributed by atoms with Gasteiger partial charge < -0.3 is 0 Å². The zero-order chi connectivity index (χ0) is 18.5. The Morgan fingerprint density at radius 3 is 2.28 bits per heavy atom. The van der Waals surface area contributed by atoms with Crippen LogP contribution in [0.3, 0.4) is 0 Å². The lowest BCUT2D eigenvalue weighted by molar-refractivity contribution is -0.137. The third-order valence-corrected chi connectivity index (χ3v) is 5.14. The fraction of sp³-hybridized carbons (Fsp3) is 0.333. The van der Waals surface area contributed by atoms with E-state index in [-0.39, 0.29) is 10.6 Å². The molecule has 136 valence electrons. The van der Waals surface area contributed by atoms with Gasteiger partial charge in [-0.1, -0.05) is 38.0 Å². The topological polar surface area (TPSA) is 46.2 Å². The predicted octanol–water partition coefficient (Wildman–Crippen LogP) is 5.24. The average Bonchev–Trinajstić information content (AvgIpc) is 2.55. The molecule has 0 radical (unpaired) electrons. The lowest BCUT2D eigenvalue weighted by atomic mass is 10.1. The van der Waals surface area contributed by atoms with Crippen molar-refractivity contribution in [2.24, 2.45) is 0 Å². The van der Waals surface area contributed by atoms with Crippen LogP contribution in [0.4, 0.5) is 18.9 Å². The maximum atomic E-state index is 12.7. The molecule has 0 bridgehead atoms. The number of unbranched alkanes of at least 4 members (excludes halogenated alkanes) is 2. The van der Waals surface area contributed by atoms with Gasteiger partial charge in [-0.3, -0.25) is 4.72 Å². The van der Waals surface area contributed by atoms with Crippen molar-refractivity contribution in [2.75, 3.05) is 4.72 Å². The number of aryl methyl sites for hydroxylation is 1. The van der Waals surface area contributed by atoms with Gasteiger partial charge in [-0.05, 0) is 48.7 Å². The summed E-state index contributed by atoms with van der Waals surface area (Å²) in [6, 6.07) is 10.5. The van der Waals surface area contributed by atoms with E-state index in [0.29, 0.717) is 0 Å². The quantitative estimate of drug-likeness (QED) is 0.677. The summed E-state index contributed by atoms with van der Waals surface area (Å²) in [5.74, 6) is 0. The van der Waals surface area contributed by atoms with Crippen LogP contribution in [0.2, 0.25) is 0 Å². The first-order valence-electron chi connectivity index (χ1n) is 8.01. The highest BCUT2D eigenvalue weighted by Crippen LogP contribution is 2.31. The summed E-state index contributed by atoms with van der Waals surface area (Å²) in [7, 11) is -3.93. The second-order valence-electron chi connectivity index (χ2n) is 5.79. The van der Waals surface area contributed by atoms with Gasteiger partial charge in [0.2, 0.25) is 0 Å². The molecule has 0 saturated carbocycles. The monoisotopic (exact) mass is 371 g/mol. The molecule has 0 amide bonds. The number of anilines is 1. The van der Waals surface area contributed by atoms with Gasteiger partial charge in [0.1, 0.15) is 0 Å². The fourth-order valence-electron chi connectivity index (χ4n) is 2.39. The van der Waals surface area contributed by atoms with Crippen LogP contribution in [0.25, 0.3) is 0 Å². The first kappa shape index (κ1) is 19.3. The van der Waals surface area contributed by atoms with Crippen molar-refractivity contribution < 1.29 is 21.6 Å². The van der Waals surface area contributed by atoms with E-state index in [0.717, 1.165) is 49.4 Å². The number of halogens is 3. The highest BCUT2D eigenvalue weighted by Gasteiger charge is 2.30. The van der Waals surface area contributed by atoms with E-state index in [9.17, 15) is 21.6 Å². The maximum absolute atomic E-state index is 12.7. The molecule has 2 rings (SSSR count). The maximum Gasteiger partial charge on any atom is 0.416 e. The molecule has 0 saturated heterocycles. The molecular weight excluding hydrogens is 351 g/mol. The second kappa shape index (κ2) is 7.91. The third-order valence-electron chi connectivity index (χ3n) is 3.74. The summed E-state index contributed by atoms with van der Waals surface area (Å²) in [5, 5.41) is 0. The molecule has 1 N–H and O–H groups in total. The molecule has 0 aliphatic carbocycles. The van der Waals surface area contributed by atoms with Crippen LogP contribution in [-0.2, 0) is 22.6 Å². The lowest BCUT2D eigenvalue weighted by Gasteiger charge is -2.11. The van der Waals surface area contributed by atoms with Crippen molar-refractivity contribution in [3.63, 3.8) is 0 Å². The van der Waals surface area contributed by atoms with E-state index in [1.54, 1.807) is 12.1 Å². The minimum Gasteiger partial charge on any atom is -0.280 e. The average molecular weight is 371 g/mol. The SMILES string of the molecule is CCCCCc1ccc(S(=O)(=O)Nc2cccc(C(F)(F)F)c2)cc1. The van der Waals surface area contributed by atoms with E-state index in [4.69, 9.17) is 0 Å². The van der Waals surface area contributed by atoms with Crippen LogP contribution in [0.5, 0.6) is 0 Å². The van der Waals surface area contributed by atoms with Crippen LogP contribution in [-0.4, -0.2) is 8.42 Å². The molecule has 7 heteroatoms. The van der Waals surface area contributed by atoms with E-state index in [1.807, 2.05) is 0 Å². The minimum absolute atomic E-state index is 0.0177. The van der Waals surface area contributed by atoms with Crippen LogP contribution in [0, 0.1) is 0 Å². The van der Waals surface area contributed by atoms with Gasteiger partial charge >= 0.3 is 6.18 Å². The second-order valence-corrected chi connectivity index (χ2v) is 7.47. The lowest BCUT2D eigenvalue weighted by Crippen LogP contribution is -2.14. The molecule has 0 aromatic heterocycles. The Bertz CT molecular complexity index is 800. The molecule has 0 atom stereocenters. The molecule has 0 unspecified atom stereocenters. The Morgan fingerprint density at radius 2 is 1.68 bits per heavy atom. The van der Waals surface area contributed by atoms with Gasteiger partial charge in [0.15, 0.2) is 0 Å². The van der Waals surface area contributed by atoms with Crippen LogP contribution in [0.15, 0.2) is 53.4 Å². The standard InChI is InChI=1S/C18H20F3NO2S/c1-2-3-4-6-14-9-11-17(12-10-14)25(23,24)22-16-8-5-7-15(13-16)18(19,20)21/h5,7-13,22H,2-4,6H2,1H3. The number of benzene rings is 2. The molecule has 0 fully saturated rings. The van der Waals surface area contributed by atoms with Crippen molar-refractivity contribution in [1.82, 2.24) is 0 Å².